The second-order valence-corrected chi connectivity index (χ2v) is 7.72. The monoisotopic (exact) mass is 379 g/mol. The third-order valence-corrected chi connectivity index (χ3v) is 5.54. The van der Waals surface area contributed by atoms with E-state index in [0.717, 1.165) is 0 Å². The summed E-state index contributed by atoms with van der Waals surface area (Å²) in [6.07, 6.45) is 3.68. The van der Waals surface area contributed by atoms with Crippen LogP contribution in [0.4, 0.5) is 0 Å². The summed E-state index contributed by atoms with van der Waals surface area (Å²) in [6.45, 7) is 3.37. The maximum atomic E-state index is 12.9. The van der Waals surface area contributed by atoms with Crippen LogP contribution in [0.5, 0.6) is 0 Å². The molecule has 0 bridgehead atoms. The molecule has 0 aromatic rings. The molecule has 0 aromatic carbocycles. The maximum Gasteiger partial charge on any atom is 0.273 e. The van der Waals surface area contributed by atoms with Gasteiger partial charge < -0.3 is 9.64 Å². The Morgan fingerprint density at radius 2 is 2.04 bits per heavy atom. The summed E-state index contributed by atoms with van der Waals surface area (Å²) in [4.78, 5) is 36.0. The zero-order chi connectivity index (χ0) is 17.4. The van der Waals surface area contributed by atoms with E-state index in [1.54, 1.807) is 6.08 Å². The number of amides is 1. The van der Waals surface area contributed by atoms with Gasteiger partial charge in [0, 0.05) is 6.04 Å². The molecule has 4 unspecified atom stereocenters. The van der Waals surface area contributed by atoms with Crippen molar-refractivity contribution in [3.63, 3.8) is 0 Å². The van der Waals surface area contributed by atoms with E-state index in [-0.39, 0.29) is 41.6 Å². The van der Waals surface area contributed by atoms with Gasteiger partial charge in [0.15, 0.2) is 11.6 Å². The van der Waals surface area contributed by atoms with Crippen LogP contribution >= 0.6 is 35.8 Å². The van der Waals surface area contributed by atoms with Gasteiger partial charge >= 0.3 is 0 Å². The molecule has 0 spiro atoms. The molecule has 1 fully saturated rings. The Hall–Kier alpha value is -0.560. The Morgan fingerprint density at radius 1 is 1.39 bits per heavy atom. The van der Waals surface area contributed by atoms with Crippen molar-refractivity contribution in [1.82, 2.24) is 4.90 Å². The molecule has 2 rings (SSSR count). The number of carbonyl (C=O) groups is 3. The highest BCUT2D eigenvalue weighted by atomic mass is 35.5. The van der Waals surface area contributed by atoms with Gasteiger partial charge in [-0.15, -0.1) is 35.8 Å². The van der Waals surface area contributed by atoms with E-state index in [4.69, 9.17) is 27.9 Å². The molecule has 1 amide bonds. The highest BCUT2D eigenvalue weighted by molar-refractivity contribution is 7.83. The number of hydrogen-bond donors (Lipinski definition) is 1. The lowest BCUT2D eigenvalue weighted by Gasteiger charge is -2.41. The normalized spacial score (nSPS) is 34.8. The number of ether oxygens (including phenoxy) is 1. The molecule has 1 aliphatic heterocycles. The van der Waals surface area contributed by atoms with Crippen LogP contribution in [-0.2, 0) is 19.1 Å². The van der Waals surface area contributed by atoms with Crippen LogP contribution in [0.15, 0.2) is 12.2 Å². The molecule has 4 atom stereocenters. The lowest BCUT2D eigenvalue weighted by molar-refractivity contribution is -0.164. The number of Topliss-reactive ketones (excluding diaryl/α,β-unsaturated/α-hetero) is 2. The van der Waals surface area contributed by atoms with Gasteiger partial charge in [0.2, 0.25) is 4.93 Å². The van der Waals surface area contributed by atoms with Gasteiger partial charge in [-0.3, -0.25) is 14.4 Å². The highest BCUT2D eigenvalue weighted by Gasteiger charge is 2.51. The van der Waals surface area contributed by atoms with Crippen LogP contribution in [0.2, 0.25) is 0 Å². The van der Waals surface area contributed by atoms with Gasteiger partial charge in [-0.1, -0.05) is 12.2 Å². The fourth-order valence-electron chi connectivity index (χ4n) is 2.74. The van der Waals surface area contributed by atoms with Crippen molar-refractivity contribution in [1.29, 1.82) is 0 Å². The van der Waals surface area contributed by atoms with E-state index in [9.17, 15) is 14.4 Å². The third kappa shape index (κ3) is 3.76. The molecule has 1 saturated heterocycles. The fourth-order valence-corrected chi connectivity index (χ4v) is 3.45. The molecule has 0 radical (unpaired) electrons. The van der Waals surface area contributed by atoms with E-state index in [0.29, 0.717) is 6.42 Å². The van der Waals surface area contributed by atoms with E-state index in [1.807, 2.05) is 19.9 Å². The Morgan fingerprint density at radius 3 is 2.57 bits per heavy atom. The molecule has 5 nitrogen and oxygen atoms in total. The Kier molecular flexibility index (Phi) is 5.82. The minimum atomic E-state index is -1.92. The summed E-state index contributed by atoms with van der Waals surface area (Å²) in [7, 11) is 0. The molecule has 128 valence electrons. The van der Waals surface area contributed by atoms with Crippen molar-refractivity contribution in [2.24, 2.45) is 0 Å². The van der Waals surface area contributed by atoms with Crippen LogP contribution in [0.3, 0.4) is 0 Å². The highest BCUT2D eigenvalue weighted by Crippen LogP contribution is 2.32. The number of halogens is 2. The molecular weight excluding hydrogens is 361 g/mol. The lowest BCUT2D eigenvalue weighted by atomic mass is 9.97. The first kappa shape index (κ1) is 18.8. The second-order valence-electron chi connectivity index (χ2n) is 6.03. The van der Waals surface area contributed by atoms with Gasteiger partial charge in [0.1, 0.15) is 6.61 Å². The van der Waals surface area contributed by atoms with Crippen LogP contribution in [0.25, 0.3) is 0 Å². The molecular formula is C15H19Cl2NO4S. The summed E-state index contributed by atoms with van der Waals surface area (Å²) in [5.41, 5.74) is 0. The largest absolute Gasteiger partial charge is 0.341 e. The molecule has 0 aromatic heterocycles. The van der Waals surface area contributed by atoms with Crippen LogP contribution < -0.4 is 0 Å². The number of alkyl halides is 2. The number of carbonyl (C=O) groups excluding carboxylic acids is 3. The van der Waals surface area contributed by atoms with Crippen molar-refractivity contribution in [2.45, 2.75) is 54.5 Å². The lowest BCUT2D eigenvalue weighted by Crippen LogP contribution is -2.60. The minimum absolute atomic E-state index is 0.203. The summed E-state index contributed by atoms with van der Waals surface area (Å²) in [6, 6.07) is -0.510. The second kappa shape index (κ2) is 7.13. The first-order chi connectivity index (χ1) is 10.7. The summed E-state index contributed by atoms with van der Waals surface area (Å²) in [5, 5.41) is -0.617. The predicted octanol–water partition coefficient (Wildman–Crippen LogP) is 1.95. The average Bonchev–Trinajstić information content (AvgIpc) is 2.47. The van der Waals surface area contributed by atoms with E-state index >= 15 is 0 Å². The molecule has 2 aliphatic rings. The van der Waals surface area contributed by atoms with Gasteiger partial charge in [0.25, 0.3) is 5.91 Å². The number of rotatable bonds is 3. The van der Waals surface area contributed by atoms with Crippen LogP contribution in [0, 0.1) is 0 Å². The molecule has 23 heavy (non-hydrogen) atoms. The smallest absolute Gasteiger partial charge is 0.273 e. The summed E-state index contributed by atoms with van der Waals surface area (Å²) < 4.78 is 5.21. The number of nitrogens with zero attached hydrogens (tertiary/aromatic N) is 1. The van der Waals surface area contributed by atoms with Crippen molar-refractivity contribution < 1.29 is 19.1 Å². The van der Waals surface area contributed by atoms with Crippen molar-refractivity contribution >= 4 is 53.3 Å². The van der Waals surface area contributed by atoms with Gasteiger partial charge in [-0.05, 0) is 20.3 Å². The van der Waals surface area contributed by atoms with E-state index in [2.05, 4.69) is 12.6 Å². The van der Waals surface area contributed by atoms with Crippen molar-refractivity contribution in [3.05, 3.63) is 12.2 Å². The molecule has 0 saturated carbocycles. The maximum absolute atomic E-state index is 12.9. The minimum Gasteiger partial charge on any atom is -0.341 e. The third-order valence-electron chi connectivity index (χ3n) is 3.95. The average molecular weight is 380 g/mol. The number of hydrogen-bond acceptors (Lipinski definition) is 5. The first-order valence-electron chi connectivity index (χ1n) is 7.37. The first-order valence-corrected chi connectivity index (χ1v) is 8.69. The van der Waals surface area contributed by atoms with E-state index in [1.165, 1.54) is 4.90 Å². The molecule has 0 N–H and O–H groups in total. The predicted molar refractivity (Wildman–Crippen MR) is 91.1 cm³/mol. The molecule has 8 heteroatoms. The topological polar surface area (TPSA) is 63.7 Å². The molecule has 1 heterocycles. The van der Waals surface area contributed by atoms with Crippen molar-refractivity contribution in [3.8, 4) is 0 Å². The van der Waals surface area contributed by atoms with E-state index < -0.39 is 16.6 Å². The number of thiol groups is 1. The van der Waals surface area contributed by atoms with Crippen molar-refractivity contribution in [2.75, 3.05) is 6.61 Å². The Labute approximate surface area is 150 Å². The van der Waals surface area contributed by atoms with Crippen LogP contribution in [-0.4, -0.2) is 56.8 Å². The number of ketones is 2. The zero-order valence-corrected chi connectivity index (χ0v) is 15.3. The standard InChI is InChI=1S/C15H19Cl2NO4S/c1-8(2)18(9-3-4-11(16)12(17)5-9)14(21)15(23)13(20)6-10(19)7-22-15/h3-4,8-9,11-12,23H,5-7H2,1-2H3. The zero-order valence-electron chi connectivity index (χ0n) is 12.9. The Balaban J connectivity index is 2.27. The quantitative estimate of drug-likeness (QED) is 0.352. The SMILES string of the molecule is CC(C)N(C(=O)C1(S)OCC(=O)CC1=O)C1C=CC(Cl)C(Cl)C1. The summed E-state index contributed by atoms with van der Waals surface area (Å²) in [5.74, 6) is -1.56. The van der Waals surface area contributed by atoms with Gasteiger partial charge in [-0.25, -0.2) is 0 Å². The van der Waals surface area contributed by atoms with Crippen LogP contribution in [0.1, 0.15) is 26.7 Å². The molecule has 1 aliphatic carbocycles. The number of allylic oxidation sites excluding steroid dienone is 1. The van der Waals surface area contributed by atoms with Gasteiger partial charge in [0.05, 0.1) is 23.2 Å². The summed E-state index contributed by atoms with van der Waals surface area (Å²) >= 11 is 16.4. The Bertz CT molecular complexity index is 554. The van der Waals surface area contributed by atoms with Gasteiger partial charge in [-0.2, -0.15) is 0 Å². The fraction of sp³-hybridized carbons (Fsp3) is 0.667.